The number of hydrogen-bond donors (Lipinski definition) is 1. The van der Waals surface area contributed by atoms with Gasteiger partial charge in [-0.25, -0.2) is 0 Å². The molecular formula is C15H21NO3. The second-order valence-corrected chi connectivity index (χ2v) is 4.97. The number of ketones is 1. The van der Waals surface area contributed by atoms with Gasteiger partial charge >= 0.3 is 0 Å². The maximum absolute atomic E-state index is 12.2. The van der Waals surface area contributed by atoms with E-state index >= 15 is 0 Å². The predicted molar refractivity (Wildman–Crippen MR) is 73.3 cm³/mol. The summed E-state index contributed by atoms with van der Waals surface area (Å²) in [6.45, 7) is 5.41. The molecule has 4 heteroatoms. The van der Waals surface area contributed by atoms with Crippen LogP contribution in [0.15, 0.2) is 24.3 Å². The van der Waals surface area contributed by atoms with Gasteiger partial charge in [0.2, 0.25) is 0 Å². The van der Waals surface area contributed by atoms with E-state index in [2.05, 4.69) is 11.8 Å². The van der Waals surface area contributed by atoms with Crippen molar-refractivity contribution in [3.63, 3.8) is 0 Å². The Morgan fingerprint density at radius 3 is 2.84 bits per heavy atom. The van der Waals surface area contributed by atoms with E-state index in [0.29, 0.717) is 19.6 Å². The molecule has 0 amide bonds. The zero-order chi connectivity index (χ0) is 13.7. The van der Waals surface area contributed by atoms with Gasteiger partial charge in [0.05, 0.1) is 6.61 Å². The Kier molecular flexibility index (Phi) is 4.93. The molecule has 0 aliphatic carbocycles. The molecule has 1 N–H and O–H groups in total. The lowest BCUT2D eigenvalue weighted by Crippen LogP contribution is -2.46. The molecule has 1 aromatic rings. The fourth-order valence-corrected chi connectivity index (χ4v) is 2.35. The molecule has 0 bridgehead atoms. The summed E-state index contributed by atoms with van der Waals surface area (Å²) in [4.78, 5) is 14.5. The number of nitrogens with zero attached hydrogens (tertiary/aromatic N) is 1. The zero-order valence-electron chi connectivity index (χ0n) is 11.3. The lowest BCUT2D eigenvalue weighted by atomic mass is 10.0. The number of phenols is 1. The number of Topliss-reactive ketones (excluding diaryl/α,β-unsaturated/α-hetero) is 1. The fourth-order valence-electron chi connectivity index (χ4n) is 2.35. The van der Waals surface area contributed by atoms with Gasteiger partial charge in [-0.05, 0) is 30.7 Å². The average Bonchev–Trinajstić information content (AvgIpc) is 2.42. The van der Waals surface area contributed by atoms with E-state index in [9.17, 15) is 9.90 Å². The first kappa shape index (κ1) is 14.0. The third-order valence-electron chi connectivity index (χ3n) is 3.36. The standard InChI is InChI=1S/C15H21NO3/c1-2-7-16-8-9-19-15(11-16)14(18)10-12-3-5-13(17)6-4-12/h3-6,15,17H,2,7-11H2,1H3. The SMILES string of the molecule is CCCN1CCOC(C(=O)Cc2ccc(O)cc2)C1. The lowest BCUT2D eigenvalue weighted by Gasteiger charge is -2.31. The second-order valence-electron chi connectivity index (χ2n) is 4.97. The normalized spacial score (nSPS) is 20.4. The molecule has 1 aromatic carbocycles. The van der Waals surface area contributed by atoms with Gasteiger partial charge in [0.15, 0.2) is 5.78 Å². The molecule has 19 heavy (non-hydrogen) atoms. The molecule has 1 heterocycles. The van der Waals surface area contributed by atoms with Gasteiger partial charge in [0, 0.05) is 19.5 Å². The number of hydrogen-bond acceptors (Lipinski definition) is 4. The third kappa shape index (κ3) is 4.04. The number of ether oxygens (including phenoxy) is 1. The quantitative estimate of drug-likeness (QED) is 0.877. The minimum Gasteiger partial charge on any atom is -0.508 e. The summed E-state index contributed by atoms with van der Waals surface area (Å²) >= 11 is 0. The van der Waals surface area contributed by atoms with Crippen molar-refractivity contribution in [2.45, 2.75) is 25.9 Å². The first-order valence-corrected chi connectivity index (χ1v) is 6.83. The topological polar surface area (TPSA) is 49.8 Å². The highest BCUT2D eigenvalue weighted by Crippen LogP contribution is 2.13. The maximum Gasteiger partial charge on any atom is 0.167 e. The van der Waals surface area contributed by atoms with E-state index < -0.39 is 0 Å². The third-order valence-corrected chi connectivity index (χ3v) is 3.36. The highest BCUT2D eigenvalue weighted by Gasteiger charge is 2.25. The molecule has 1 saturated heterocycles. The molecule has 0 radical (unpaired) electrons. The second kappa shape index (κ2) is 6.68. The van der Waals surface area contributed by atoms with E-state index in [0.717, 1.165) is 25.1 Å². The summed E-state index contributed by atoms with van der Waals surface area (Å²) in [7, 11) is 0. The molecule has 104 valence electrons. The molecule has 4 nitrogen and oxygen atoms in total. The molecule has 0 aromatic heterocycles. The van der Waals surface area contributed by atoms with E-state index in [1.807, 2.05) is 0 Å². The van der Waals surface area contributed by atoms with Crippen LogP contribution in [0.5, 0.6) is 5.75 Å². The molecule has 1 aliphatic rings. The van der Waals surface area contributed by atoms with Crippen LogP contribution in [0.25, 0.3) is 0 Å². The van der Waals surface area contributed by atoms with Crippen molar-refractivity contribution in [1.29, 1.82) is 0 Å². The number of benzene rings is 1. The molecule has 0 spiro atoms. The van der Waals surface area contributed by atoms with Crippen LogP contribution in [-0.2, 0) is 16.0 Å². The molecule has 2 rings (SSSR count). The number of morpholine rings is 1. The Bertz CT molecular complexity index is 414. The minimum absolute atomic E-state index is 0.117. The number of carbonyl (C=O) groups is 1. The van der Waals surface area contributed by atoms with Crippen LogP contribution in [0.2, 0.25) is 0 Å². The highest BCUT2D eigenvalue weighted by molar-refractivity contribution is 5.85. The molecular weight excluding hydrogens is 242 g/mol. The highest BCUT2D eigenvalue weighted by atomic mass is 16.5. The van der Waals surface area contributed by atoms with E-state index in [-0.39, 0.29) is 17.6 Å². The van der Waals surface area contributed by atoms with Crippen LogP contribution in [0.1, 0.15) is 18.9 Å². The van der Waals surface area contributed by atoms with Crippen molar-refractivity contribution in [1.82, 2.24) is 4.90 Å². The Morgan fingerprint density at radius 2 is 2.16 bits per heavy atom. The van der Waals surface area contributed by atoms with Crippen LogP contribution in [0.3, 0.4) is 0 Å². The maximum atomic E-state index is 12.2. The molecule has 1 atom stereocenters. The first-order valence-electron chi connectivity index (χ1n) is 6.83. The van der Waals surface area contributed by atoms with Crippen molar-refractivity contribution < 1.29 is 14.6 Å². The number of rotatable bonds is 5. The molecule has 1 aliphatic heterocycles. The van der Waals surface area contributed by atoms with Crippen molar-refractivity contribution >= 4 is 5.78 Å². The largest absolute Gasteiger partial charge is 0.508 e. The van der Waals surface area contributed by atoms with Crippen molar-refractivity contribution in [3.8, 4) is 5.75 Å². The van der Waals surface area contributed by atoms with Crippen LogP contribution >= 0.6 is 0 Å². The fraction of sp³-hybridized carbons (Fsp3) is 0.533. The van der Waals surface area contributed by atoms with Crippen molar-refractivity contribution in [2.24, 2.45) is 0 Å². The number of phenolic OH excluding ortho intramolecular Hbond substituents is 1. The van der Waals surface area contributed by atoms with Crippen LogP contribution < -0.4 is 0 Å². The Labute approximate surface area is 114 Å². The first-order chi connectivity index (χ1) is 9.19. The summed E-state index contributed by atoms with van der Waals surface area (Å²) in [5.74, 6) is 0.339. The van der Waals surface area contributed by atoms with Gasteiger partial charge in [-0.3, -0.25) is 9.69 Å². The lowest BCUT2D eigenvalue weighted by molar-refractivity contribution is -0.135. The number of aromatic hydroxyl groups is 1. The average molecular weight is 263 g/mol. The molecule has 1 unspecified atom stereocenters. The van der Waals surface area contributed by atoms with Gasteiger partial charge in [-0.2, -0.15) is 0 Å². The van der Waals surface area contributed by atoms with Gasteiger partial charge in [0.1, 0.15) is 11.9 Å². The Balaban J connectivity index is 1.90. The van der Waals surface area contributed by atoms with Crippen LogP contribution in [0.4, 0.5) is 0 Å². The van der Waals surface area contributed by atoms with Gasteiger partial charge in [0.25, 0.3) is 0 Å². The van der Waals surface area contributed by atoms with E-state index in [1.54, 1.807) is 24.3 Å². The minimum atomic E-state index is -0.311. The molecule has 1 fully saturated rings. The van der Waals surface area contributed by atoms with Gasteiger partial charge < -0.3 is 9.84 Å². The summed E-state index contributed by atoms with van der Waals surface area (Å²) in [5, 5.41) is 9.22. The Hall–Kier alpha value is -1.39. The summed E-state index contributed by atoms with van der Waals surface area (Å²) in [6, 6.07) is 6.77. The van der Waals surface area contributed by atoms with Crippen molar-refractivity contribution in [2.75, 3.05) is 26.2 Å². The number of carbonyl (C=O) groups excluding carboxylic acids is 1. The summed E-state index contributed by atoms with van der Waals surface area (Å²) < 4.78 is 5.57. The summed E-state index contributed by atoms with van der Waals surface area (Å²) in [6.07, 6.45) is 1.15. The van der Waals surface area contributed by atoms with Gasteiger partial charge in [-0.15, -0.1) is 0 Å². The van der Waals surface area contributed by atoms with Crippen LogP contribution in [-0.4, -0.2) is 48.1 Å². The predicted octanol–water partition coefficient (Wildman–Crippen LogP) is 1.61. The smallest absolute Gasteiger partial charge is 0.167 e. The van der Waals surface area contributed by atoms with Crippen LogP contribution in [0, 0.1) is 0 Å². The zero-order valence-corrected chi connectivity index (χ0v) is 11.3. The molecule has 0 saturated carbocycles. The summed E-state index contributed by atoms with van der Waals surface area (Å²) in [5.41, 5.74) is 0.916. The Morgan fingerprint density at radius 1 is 1.42 bits per heavy atom. The van der Waals surface area contributed by atoms with Gasteiger partial charge in [-0.1, -0.05) is 19.1 Å². The van der Waals surface area contributed by atoms with E-state index in [1.165, 1.54) is 0 Å². The van der Waals surface area contributed by atoms with E-state index in [4.69, 9.17) is 4.74 Å². The van der Waals surface area contributed by atoms with Crippen molar-refractivity contribution in [3.05, 3.63) is 29.8 Å². The monoisotopic (exact) mass is 263 g/mol.